The van der Waals surface area contributed by atoms with Gasteiger partial charge in [0.25, 0.3) is 0 Å². The summed E-state index contributed by atoms with van der Waals surface area (Å²) in [5, 5.41) is 12.3. The molecule has 3 rings (SSSR count). The zero-order valence-electron chi connectivity index (χ0n) is 17.6. The van der Waals surface area contributed by atoms with Gasteiger partial charge in [-0.15, -0.1) is 10.2 Å². The van der Waals surface area contributed by atoms with Crippen LogP contribution in [0.25, 0.3) is 5.69 Å². The highest BCUT2D eigenvalue weighted by Gasteiger charge is 2.25. The van der Waals surface area contributed by atoms with Gasteiger partial charge in [-0.2, -0.15) is 0 Å². The number of hydrogen-bond acceptors (Lipinski definition) is 5. The Kier molecular flexibility index (Phi) is 7.29. The summed E-state index contributed by atoms with van der Waals surface area (Å²) in [5.74, 6) is 0.486. The molecule has 1 aromatic carbocycles. The van der Waals surface area contributed by atoms with E-state index in [4.69, 9.17) is 0 Å². The standard InChI is InChI=1S/C21H30FN5OS/c1-14(26(3)4)19-24-25-21(27(19)18-12-10-16(22)11-13-18)29-15(2)20(28)23-17-8-6-5-7-9-17/h10-15,17H,5-9H2,1-4H3,(H,23,28)/t14-,15+/m1/s1. The zero-order valence-corrected chi connectivity index (χ0v) is 18.4. The van der Waals surface area contributed by atoms with Crippen molar-refractivity contribution < 1.29 is 9.18 Å². The fraction of sp³-hybridized carbons (Fsp3) is 0.571. The van der Waals surface area contributed by atoms with Gasteiger partial charge in [-0.05, 0) is 65.0 Å². The molecule has 1 aliphatic rings. The molecule has 0 aliphatic heterocycles. The van der Waals surface area contributed by atoms with Crippen LogP contribution in [0.2, 0.25) is 0 Å². The van der Waals surface area contributed by atoms with Crippen molar-refractivity contribution in [3.8, 4) is 5.69 Å². The largest absolute Gasteiger partial charge is 0.352 e. The van der Waals surface area contributed by atoms with E-state index in [1.165, 1.54) is 43.2 Å². The van der Waals surface area contributed by atoms with E-state index < -0.39 is 0 Å². The number of rotatable bonds is 7. The molecule has 1 heterocycles. The molecule has 8 heteroatoms. The molecule has 29 heavy (non-hydrogen) atoms. The van der Waals surface area contributed by atoms with Crippen molar-refractivity contribution in [3.05, 3.63) is 35.9 Å². The zero-order chi connectivity index (χ0) is 21.0. The Morgan fingerprint density at radius 3 is 2.45 bits per heavy atom. The first-order chi connectivity index (χ1) is 13.9. The molecule has 0 saturated heterocycles. The van der Waals surface area contributed by atoms with E-state index in [1.807, 2.05) is 37.4 Å². The molecule has 0 bridgehead atoms. The van der Waals surface area contributed by atoms with E-state index in [9.17, 15) is 9.18 Å². The third kappa shape index (κ3) is 5.36. The van der Waals surface area contributed by atoms with Crippen molar-refractivity contribution in [2.45, 2.75) is 68.4 Å². The van der Waals surface area contributed by atoms with Gasteiger partial charge in [-0.25, -0.2) is 4.39 Å². The van der Waals surface area contributed by atoms with Crippen LogP contribution in [0.5, 0.6) is 0 Å². The Labute approximate surface area is 176 Å². The molecule has 1 fully saturated rings. The van der Waals surface area contributed by atoms with Gasteiger partial charge in [0.05, 0.1) is 11.3 Å². The van der Waals surface area contributed by atoms with Crippen LogP contribution >= 0.6 is 11.8 Å². The minimum Gasteiger partial charge on any atom is -0.352 e. The number of amides is 1. The SMILES string of the molecule is C[C@H](Sc1nnc([C@@H](C)N(C)C)n1-c1ccc(F)cc1)C(=O)NC1CCCCC1. The molecule has 1 saturated carbocycles. The number of halogens is 1. The molecule has 0 radical (unpaired) electrons. The highest BCUT2D eigenvalue weighted by Crippen LogP contribution is 2.29. The topological polar surface area (TPSA) is 63.1 Å². The van der Waals surface area contributed by atoms with Gasteiger partial charge in [0.15, 0.2) is 11.0 Å². The summed E-state index contributed by atoms with van der Waals surface area (Å²) in [6.07, 6.45) is 5.72. The van der Waals surface area contributed by atoms with E-state index in [1.54, 1.807) is 12.1 Å². The van der Waals surface area contributed by atoms with Gasteiger partial charge in [0.1, 0.15) is 5.82 Å². The molecular formula is C21H30FN5OS. The number of hydrogen-bond donors (Lipinski definition) is 1. The average molecular weight is 420 g/mol. The third-order valence-electron chi connectivity index (χ3n) is 5.49. The number of thioether (sulfide) groups is 1. The fourth-order valence-corrected chi connectivity index (χ4v) is 4.35. The van der Waals surface area contributed by atoms with E-state index in [2.05, 4.69) is 15.5 Å². The van der Waals surface area contributed by atoms with E-state index in [-0.39, 0.29) is 29.1 Å². The second kappa shape index (κ2) is 9.71. The molecule has 1 aromatic heterocycles. The molecular weight excluding hydrogens is 389 g/mol. The first kappa shape index (κ1) is 21.8. The third-order valence-corrected chi connectivity index (χ3v) is 6.54. The van der Waals surface area contributed by atoms with Gasteiger partial charge in [-0.1, -0.05) is 31.0 Å². The normalized spacial score (nSPS) is 17.3. The molecule has 2 aromatic rings. The summed E-state index contributed by atoms with van der Waals surface area (Å²) < 4.78 is 15.4. The summed E-state index contributed by atoms with van der Waals surface area (Å²) >= 11 is 1.38. The molecule has 6 nitrogen and oxygen atoms in total. The molecule has 2 atom stereocenters. The van der Waals surface area contributed by atoms with Crippen LogP contribution in [-0.2, 0) is 4.79 Å². The summed E-state index contributed by atoms with van der Waals surface area (Å²) in [7, 11) is 3.95. The molecule has 158 valence electrons. The lowest BCUT2D eigenvalue weighted by Crippen LogP contribution is -2.40. The number of carbonyl (C=O) groups is 1. The smallest absolute Gasteiger partial charge is 0.233 e. The van der Waals surface area contributed by atoms with Gasteiger partial charge in [0, 0.05) is 11.7 Å². The summed E-state index contributed by atoms with van der Waals surface area (Å²) in [6.45, 7) is 3.93. The Morgan fingerprint density at radius 2 is 1.83 bits per heavy atom. The molecule has 0 unspecified atom stereocenters. The van der Waals surface area contributed by atoms with E-state index in [0.29, 0.717) is 5.16 Å². The predicted octanol–water partition coefficient (Wildman–Crippen LogP) is 3.96. The summed E-state index contributed by atoms with van der Waals surface area (Å²) in [6, 6.07) is 6.55. The number of nitrogens with one attached hydrogen (secondary N) is 1. The van der Waals surface area contributed by atoms with Crippen LogP contribution < -0.4 is 5.32 Å². The van der Waals surface area contributed by atoms with Crippen LogP contribution in [0.4, 0.5) is 4.39 Å². The quantitative estimate of drug-likeness (QED) is 0.689. The van der Waals surface area contributed by atoms with Gasteiger partial charge >= 0.3 is 0 Å². The van der Waals surface area contributed by atoms with Crippen LogP contribution in [0, 0.1) is 5.82 Å². The minimum absolute atomic E-state index is 0.00766. The van der Waals surface area contributed by atoms with Crippen molar-refractivity contribution in [2.24, 2.45) is 0 Å². The monoisotopic (exact) mass is 419 g/mol. The lowest BCUT2D eigenvalue weighted by atomic mass is 9.95. The van der Waals surface area contributed by atoms with Crippen LogP contribution in [0.1, 0.15) is 57.8 Å². The van der Waals surface area contributed by atoms with Crippen LogP contribution in [0.15, 0.2) is 29.4 Å². The fourth-order valence-electron chi connectivity index (χ4n) is 3.47. The lowest BCUT2D eigenvalue weighted by Gasteiger charge is -2.24. The minimum atomic E-state index is -0.303. The number of nitrogens with zero attached hydrogens (tertiary/aromatic N) is 4. The predicted molar refractivity (Wildman–Crippen MR) is 114 cm³/mol. The van der Waals surface area contributed by atoms with Gasteiger partial charge in [-0.3, -0.25) is 14.3 Å². The Hall–Kier alpha value is -1.93. The summed E-state index contributed by atoms with van der Waals surface area (Å²) in [4.78, 5) is 14.7. The maximum absolute atomic E-state index is 13.4. The number of aromatic nitrogens is 3. The highest BCUT2D eigenvalue weighted by atomic mass is 32.2. The first-order valence-corrected chi connectivity index (χ1v) is 11.1. The van der Waals surface area contributed by atoms with Gasteiger partial charge < -0.3 is 5.32 Å². The Bertz CT molecular complexity index is 817. The lowest BCUT2D eigenvalue weighted by molar-refractivity contribution is -0.121. The molecule has 1 amide bonds. The Balaban J connectivity index is 1.82. The molecule has 0 spiro atoms. The maximum atomic E-state index is 13.4. The van der Waals surface area contributed by atoms with Gasteiger partial charge in [0.2, 0.25) is 5.91 Å². The second-order valence-electron chi connectivity index (χ2n) is 7.90. The number of benzene rings is 1. The first-order valence-electron chi connectivity index (χ1n) is 10.2. The maximum Gasteiger partial charge on any atom is 0.233 e. The van der Waals surface area contributed by atoms with Crippen molar-refractivity contribution >= 4 is 17.7 Å². The summed E-state index contributed by atoms with van der Waals surface area (Å²) in [5.41, 5.74) is 0.780. The van der Waals surface area contributed by atoms with Crippen LogP contribution in [0.3, 0.4) is 0 Å². The van der Waals surface area contributed by atoms with E-state index in [0.717, 1.165) is 24.4 Å². The Morgan fingerprint density at radius 1 is 1.17 bits per heavy atom. The second-order valence-corrected chi connectivity index (χ2v) is 9.20. The van der Waals surface area contributed by atoms with Crippen molar-refractivity contribution in [1.82, 2.24) is 25.0 Å². The molecule has 1 N–H and O–H groups in total. The molecule has 1 aliphatic carbocycles. The van der Waals surface area contributed by atoms with Crippen molar-refractivity contribution in [3.63, 3.8) is 0 Å². The number of carbonyl (C=O) groups excluding carboxylic acids is 1. The average Bonchev–Trinajstić information content (AvgIpc) is 3.12. The van der Waals surface area contributed by atoms with Crippen LogP contribution in [-0.4, -0.2) is 51.0 Å². The van der Waals surface area contributed by atoms with Crippen molar-refractivity contribution in [2.75, 3.05) is 14.1 Å². The van der Waals surface area contributed by atoms with E-state index >= 15 is 0 Å². The van der Waals surface area contributed by atoms with Crippen molar-refractivity contribution in [1.29, 1.82) is 0 Å². The highest BCUT2D eigenvalue weighted by molar-refractivity contribution is 8.00.